The van der Waals surface area contributed by atoms with Gasteiger partial charge in [-0.1, -0.05) is 41.9 Å². The lowest BCUT2D eigenvalue weighted by atomic mass is 10.1. The number of morpholine rings is 1. The molecule has 1 aliphatic heterocycles. The fourth-order valence-electron chi connectivity index (χ4n) is 2.61. The molecule has 0 bridgehead atoms. The molecular weight excluding hydrogens is 389 g/mol. The molecule has 0 atom stereocenters. The summed E-state index contributed by atoms with van der Waals surface area (Å²) in [6.07, 6.45) is 3.22. The summed E-state index contributed by atoms with van der Waals surface area (Å²) in [4.78, 5) is 2.31. The van der Waals surface area contributed by atoms with Crippen LogP contribution in [-0.2, 0) is 11.3 Å². The summed E-state index contributed by atoms with van der Waals surface area (Å²) in [5.41, 5.74) is 2.46. The number of hydrogen-bond acceptors (Lipinski definition) is 3. The van der Waals surface area contributed by atoms with Crippen molar-refractivity contribution in [3.63, 3.8) is 0 Å². The molecule has 5 heteroatoms. The molecule has 1 aromatic heterocycles. The van der Waals surface area contributed by atoms with E-state index in [2.05, 4.69) is 53.0 Å². The lowest BCUT2D eigenvalue weighted by molar-refractivity contribution is -0.752. The summed E-state index contributed by atoms with van der Waals surface area (Å²) < 4.78 is 7.50. The second-order valence-corrected chi connectivity index (χ2v) is 5.32. The molecule has 0 spiro atoms. The Balaban J connectivity index is 0.00000176. The van der Waals surface area contributed by atoms with Crippen molar-refractivity contribution in [1.82, 2.24) is 5.10 Å². The van der Waals surface area contributed by atoms with E-state index in [0.717, 1.165) is 45.1 Å². The van der Waals surface area contributed by atoms with Gasteiger partial charge in [-0.15, -0.1) is 0 Å². The largest absolute Gasteiger partial charge is 1.00 e. The molecule has 118 valence electrons. The first-order valence-electron chi connectivity index (χ1n) is 7.67. The number of anilines is 1. The monoisotopic (exact) mass is 411 g/mol. The van der Waals surface area contributed by atoms with Crippen LogP contribution < -0.4 is 33.6 Å². The number of aromatic nitrogens is 2. The number of ether oxygens (including phenoxy) is 1. The van der Waals surface area contributed by atoms with Crippen LogP contribution in [0.5, 0.6) is 0 Å². The second kappa shape index (κ2) is 8.43. The maximum Gasteiger partial charge on any atom is 0.204 e. The van der Waals surface area contributed by atoms with E-state index in [4.69, 9.17) is 9.84 Å². The Labute approximate surface area is 149 Å². The van der Waals surface area contributed by atoms with Crippen molar-refractivity contribution >= 4 is 5.82 Å². The molecule has 1 fully saturated rings. The average Bonchev–Trinajstić information content (AvgIpc) is 2.56. The van der Waals surface area contributed by atoms with Gasteiger partial charge in [-0.05, 0) is 5.56 Å². The van der Waals surface area contributed by atoms with E-state index in [1.165, 1.54) is 11.1 Å². The van der Waals surface area contributed by atoms with Gasteiger partial charge in [-0.25, -0.2) is 0 Å². The van der Waals surface area contributed by atoms with E-state index in [1.54, 1.807) is 0 Å². The Morgan fingerprint density at radius 3 is 2.55 bits per heavy atom. The molecule has 3 rings (SSSR count). The molecule has 0 N–H and O–H groups in total. The predicted molar refractivity (Wildman–Crippen MR) is 83.2 cm³/mol. The molecule has 2 heterocycles. The van der Waals surface area contributed by atoms with Crippen LogP contribution in [0.4, 0.5) is 5.82 Å². The molecule has 4 nitrogen and oxygen atoms in total. The fraction of sp³-hybridized carbons (Fsp3) is 0.412. The topological polar surface area (TPSA) is 29.2 Å². The molecule has 0 unspecified atom stereocenters. The highest BCUT2D eigenvalue weighted by molar-refractivity contribution is 5.64. The van der Waals surface area contributed by atoms with Gasteiger partial charge >= 0.3 is 0 Å². The summed E-state index contributed by atoms with van der Waals surface area (Å²) in [5, 5.41) is 4.76. The van der Waals surface area contributed by atoms with E-state index < -0.39 is 0 Å². The van der Waals surface area contributed by atoms with Crippen molar-refractivity contribution in [2.45, 2.75) is 19.9 Å². The Morgan fingerprint density at radius 2 is 1.86 bits per heavy atom. The number of hydrogen-bond donors (Lipinski definition) is 0. The Kier molecular flexibility index (Phi) is 6.57. The zero-order valence-electron chi connectivity index (χ0n) is 12.9. The van der Waals surface area contributed by atoms with Crippen molar-refractivity contribution in [3.8, 4) is 11.1 Å². The maximum absolute atomic E-state index is 5.44. The third kappa shape index (κ3) is 4.16. The molecule has 22 heavy (non-hydrogen) atoms. The Morgan fingerprint density at radius 1 is 1.14 bits per heavy atom. The summed E-state index contributed by atoms with van der Waals surface area (Å²) in [6, 6.07) is 12.7. The molecule has 0 amide bonds. The number of aryl methyl sites for hydroxylation is 1. The van der Waals surface area contributed by atoms with E-state index in [-0.39, 0.29) is 24.0 Å². The lowest BCUT2D eigenvalue weighted by Gasteiger charge is -2.26. The quantitative estimate of drug-likeness (QED) is 0.492. The smallest absolute Gasteiger partial charge is 0.204 e. The average molecular weight is 411 g/mol. The third-order valence-corrected chi connectivity index (χ3v) is 3.70. The van der Waals surface area contributed by atoms with Crippen molar-refractivity contribution in [1.29, 1.82) is 0 Å². The van der Waals surface area contributed by atoms with Crippen molar-refractivity contribution in [2.24, 2.45) is 0 Å². The first kappa shape index (κ1) is 17.1. The van der Waals surface area contributed by atoms with Gasteiger partial charge in [0.25, 0.3) is 0 Å². The fourth-order valence-corrected chi connectivity index (χ4v) is 2.61. The molecular formula is C17H22IN3O. The minimum absolute atomic E-state index is 0. The minimum atomic E-state index is 0. The van der Waals surface area contributed by atoms with E-state index in [9.17, 15) is 0 Å². The van der Waals surface area contributed by atoms with Gasteiger partial charge < -0.3 is 33.6 Å². The van der Waals surface area contributed by atoms with Gasteiger partial charge in [0.2, 0.25) is 6.20 Å². The molecule has 1 aromatic carbocycles. The van der Waals surface area contributed by atoms with Crippen molar-refractivity contribution < 1.29 is 33.4 Å². The molecule has 1 aliphatic rings. The van der Waals surface area contributed by atoms with Gasteiger partial charge in [0.15, 0.2) is 12.4 Å². The van der Waals surface area contributed by atoms with Gasteiger partial charge in [0.05, 0.1) is 18.8 Å². The van der Waals surface area contributed by atoms with E-state index >= 15 is 0 Å². The zero-order valence-corrected chi connectivity index (χ0v) is 15.1. The SMILES string of the molecule is CCC[n+]1cc(-c2ccccc2)cc(N2CCOCC2)n1.[I-]. The van der Waals surface area contributed by atoms with E-state index in [1.807, 2.05) is 6.07 Å². The minimum Gasteiger partial charge on any atom is -1.00 e. The maximum atomic E-state index is 5.44. The van der Waals surface area contributed by atoms with Gasteiger partial charge in [0.1, 0.15) is 0 Å². The number of halogens is 1. The molecule has 0 radical (unpaired) electrons. The summed E-state index contributed by atoms with van der Waals surface area (Å²) in [5.74, 6) is 1.05. The number of nitrogens with zero attached hydrogens (tertiary/aromatic N) is 3. The van der Waals surface area contributed by atoms with Gasteiger partial charge in [-0.3, -0.25) is 0 Å². The summed E-state index contributed by atoms with van der Waals surface area (Å²) in [7, 11) is 0. The van der Waals surface area contributed by atoms with Gasteiger partial charge in [0, 0.05) is 30.7 Å². The van der Waals surface area contributed by atoms with Crippen LogP contribution in [0.25, 0.3) is 11.1 Å². The highest BCUT2D eigenvalue weighted by Gasteiger charge is 2.18. The zero-order chi connectivity index (χ0) is 14.5. The first-order valence-corrected chi connectivity index (χ1v) is 7.67. The third-order valence-electron chi connectivity index (χ3n) is 3.70. The molecule has 0 aliphatic carbocycles. The second-order valence-electron chi connectivity index (χ2n) is 5.32. The molecule has 2 aromatic rings. The number of rotatable bonds is 4. The van der Waals surface area contributed by atoms with Crippen molar-refractivity contribution in [3.05, 3.63) is 42.6 Å². The van der Waals surface area contributed by atoms with Crippen LogP contribution in [0, 0.1) is 0 Å². The van der Waals surface area contributed by atoms with Crippen LogP contribution in [0.2, 0.25) is 0 Å². The van der Waals surface area contributed by atoms with Crippen LogP contribution in [0.1, 0.15) is 13.3 Å². The van der Waals surface area contributed by atoms with Crippen molar-refractivity contribution in [2.75, 3.05) is 31.2 Å². The standard InChI is InChI=1S/C17H22N3O.HI/c1-2-8-20-14-16(15-6-4-3-5-7-15)13-17(18-20)19-9-11-21-12-10-19;/h3-7,13-14H,2,8-12H2,1H3;1H/q+1;/p-1. The normalized spacial score (nSPS) is 14.5. The van der Waals surface area contributed by atoms with Crippen LogP contribution >= 0.6 is 0 Å². The predicted octanol–water partition coefficient (Wildman–Crippen LogP) is -0.713. The first-order chi connectivity index (χ1) is 10.4. The number of benzene rings is 1. The summed E-state index contributed by atoms with van der Waals surface area (Å²) >= 11 is 0. The van der Waals surface area contributed by atoms with E-state index in [0.29, 0.717) is 0 Å². The van der Waals surface area contributed by atoms with Crippen LogP contribution in [-0.4, -0.2) is 31.4 Å². The highest BCUT2D eigenvalue weighted by Crippen LogP contribution is 2.21. The van der Waals surface area contributed by atoms with Crippen LogP contribution in [0.15, 0.2) is 42.6 Å². The van der Waals surface area contributed by atoms with Crippen LogP contribution in [0.3, 0.4) is 0 Å². The Hall–Kier alpha value is -1.21. The lowest BCUT2D eigenvalue weighted by Crippen LogP contribution is -3.00. The molecule has 1 saturated heterocycles. The highest BCUT2D eigenvalue weighted by atomic mass is 127. The molecule has 0 saturated carbocycles. The Bertz CT molecular complexity index is 586. The van der Waals surface area contributed by atoms with Gasteiger partial charge in [-0.2, -0.15) is 0 Å². The summed E-state index contributed by atoms with van der Waals surface area (Å²) in [6.45, 7) is 6.51.